The van der Waals surface area contributed by atoms with Gasteiger partial charge in [0.1, 0.15) is 0 Å². The number of benzene rings is 2. The number of anilines is 2. The van der Waals surface area contributed by atoms with Crippen LogP contribution >= 0.6 is 0 Å². The normalized spacial score (nSPS) is 10.5. The lowest BCUT2D eigenvalue weighted by atomic mass is 10.1. The lowest BCUT2D eigenvalue weighted by Gasteiger charge is -2.07. The molecule has 0 saturated carbocycles. The Morgan fingerprint density at radius 2 is 1.26 bits per heavy atom. The van der Waals surface area contributed by atoms with Crippen molar-refractivity contribution in [3.05, 3.63) is 96.3 Å². The van der Waals surface area contributed by atoms with Crippen LogP contribution in [-0.2, 0) is 0 Å². The summed E-state index contributed by atoms with van der Waals surface area (Å²) in [7, 11) is 0. The number of amides is 2. The molecule has 27 heavy (non-hydrogen) atoms. The molecule has 0 bridgehead atoms. The van der Waals surface area contributed by atoms with E-state index in [2.05, 4.69) is 15.7 Å². The first-order valence-electron chi connectivity index (χ1n) is 8.42. The fourth-order valence-corrected chi connectivity index (χ4v) is 2.81. The van der Waals surface area contributed by atoms with E-state index in [4.69, 9.17) is 0 Å². The fraction of sp³-hybridized carbons (Fsp3) is 0. The summed E-state index contributed by atoms with van der Waals surface area (Å²) in [5, 5.41) is 9.92. The number of hydrogen-bond donors (Lipinski definition) is 2. The summed E-state index contributed by atoms with van der Waals surface area (Å²) < 4.78 is 1.53. The van der Waals surface area contributed by atoms with Crippen molar-refractivity contribution in [2.45, 2.75) is 0 Å². The van der Waals surface area contributed by atoms with Crippen molar-refractivity contribution in [1.29, 1.82) is 0 Å². The van der Waals surface area contributed by atoms with Gasteiger partial charge in [-0.15, -0.1) is 0 Å². The van der Waals surface area contributed by atoms with E-state index >= 15 is 0 Å². The van der Waals surface area contributed by atoms with Crippen molar-refractivity contribution in [1.82, 2.24) is 9.61 Å². The largest absolute Gasteiger partial charge is 0.322 e. The van der Waals surface area contributed by atoms with Gasteiger partial charge in [0.05, 0.1) is 11.1 Å². The summed E-state index contributed by atoms with van der Waals surface area (Å²) >= 11 is 0. The maximum absolute atomic E-state index is 12.9. The zero-order chi connectivity index (χ0) is 18.6. The van der Waals surface area contributed by atoms with Crippen LogP contribution in [0.5, 0.6) is 0 Å². The highest BCUT2D eigenvalue weighted by Gasteiger charge is 2.24. The van der Waals surface area contributed by atoms with E-state index in [-0.39, 0.29) is 17.2 Å². The number of nitrogens with one attached hydrogen (secondary N) is 2. The number of pyridine rings is 1. The molecule has 0 aliphatic rings. The second-order valence-electron chi connectivity index (χ2n) is 5.89. The van der Waals surface area contributed by atoms with Crippen molar-refractivity contribution in [3.63, 3.8) is 0 Å². The smallest absolute Gasteiger partial charge is 0.277 e. The highest BCUT2D eigenvalue weighted by atomic mass is 16.2. The fourth-order valence-electron chi connectivity index (χ4n) is 2.81. The first kappa shape index (κ1) is 16.5. The lowest BCUT2D eigenvalue weighted by molar-refractivity contribution is 0.0989. The number of carbonyl (C=O) groups is 2. The molecule has 0 atom stereocenters. The summed E-state index contributed by atoms with van der Waals surface area (Å²) in [5.41, 5.74) is 2.14. The maximum Gasteiger partial charge on any atom is 0.277 e. The minimum absolute atomic E-state index is 0.0680. The van der Waals surface area contributed by atoms with Crippen LogP contribution in [0.1, 0.15) is 20.8 Å². The maximum atomic E-state index is 12.9. The van der Waals surface area contributed by atoms with E-state index in [9.17, 15) is 9.59 Å². The molecule has 132 valence electrons. The number of aromatic nitrogens is 2. The highest BCUT2D eigenvalue weighted by molar-refractivity contribution is 6.17. The number of carbonyl (C=O) groups excluding carboxylic acids is 2. The lowest BCUT2D eigenvalue weighted by Crippen LogP contribution is -2.19. The van der Waals surface area contributed by atoms with Crippen LogP contribution in [-0.4, -0.2) is 21.4 Å². The molecule has 2 aromatic carbocycles. The Kier molecular flexibility index (Phi) is 4.37. The molecule has 0 aliphatic heterocycles. The minimum atomic E-state index is -0.442. The van der Waals surface area contributed by atoms with Crippen molar-refractivity contribution in [3.8, 4) is 0 Å². The second-order valence-corrected chi connectivity index (χ2v) is 5.89. The number of para-hydroxylation sites is 2. The van der Waals surface area contributed by atoms with Gasteiger partial charge in [0.15, 0.2) is 5.69 Å². The van der Waals surface area contributed by atoms with E-state index in [1.807, 2.05) is 36.4 Å². The van der Waals surface area contributed by atoms with Gasteiger partial charge in [-0.05, 0) is 36.4 Å². The molecule has 0 spiro atoms. The molecular formula is C21H16N4O2. The topological polar surface area (TPSA) is 75.5 Å². The van der Waals surface area contributed by atoms with E-state index in [0.29, 0.717) is 16.9 Å². The summed E-state index contributed by atoms with van der Waals surface area (Å²) in [6.45, 7) is 0. The van der Waals surface area contributed by atoms with Crippen LogP contribution in [0.4, 0.5) is 11.4 Å². The molecule has 2 amide bonds. The van der Waals surface area contributed by atoms with Gasteiger partial charge in [-0.3, -0.25) is 9.59 Å². The van der Waals surface area contributed by atoms with Crippen molar-refractivity contribution in [2.24, 2.45) is 0 Å². The molecular weight excluding hydrogens is 340 g/mol. The third-order valence-corrected chi connectivity index (χ3v) is 4.05. The highest BCUT2D eigenvalue weighted by Crippen LogP contribution is 2.19. The molecule has 0 fully saturated rings. The SMILES string of the molecule is O=C(Nc1ccccc1)c1nn2ccccc2c1C(=O)Nc1ccccc1. The monoisotopic (exact) mass is 356 g/mol. The zero-order valence-electron chi connectivity index (χ0n) is 14.3. The predicted octanol–water partition coefficient (Wildman–Crippen LogP) is 3.84. The van der Waals surface area contributed by atoms with E-state index in [1.54, 1.807) is 48.7 Å². The quantitative estimate of drug-likeness (QED) is 0.583. The Hall–Kier alpha value is -3.93. The van der Waals surface area contributed by atoms with E-state index < -0.39 is 5.91 Å². The minimum Gasteiger partial charge on any atom is -0.322 e. The van der Waals surface area contributed by atoms with E-state index in [0.717, 1.165) is 0 Å². The second kappa shape index (κ2) is 7.13. The zero-order valence-corrected chi connectivity index (χ0v) is 14.3. The first-order valence-corrected chi connectivity index (χ1v) is 8.42. The Morgan fingerprint density at radius 3 is 1.89 bits per heavy atom. The third kappa shape index (κ3) is 3.41. The third-order valence-electron chi connectivity index (χ3n) is 4.05. The van der Waals surface area contributed by atoms with Crippen molar-refractivity contribution in [2.75, 3.05) is 10.6 Å². The molecule has 6 nitrogen and oxygen atoms in total. The van der Waals surface area contributed by atoms with Gasteiger partial charge < -0.3 is 10.6 Å². The number of nitrogens with zero attached hydrogens (tertiary/aromatic N) is 2. The van der Waals surface area contributed by atoms with Crippen LogP contribution in [0, 0.1) is 0 Å². The van der Waals surface area contributed by atoms with Gasteiger partial charge >= 0.3 is 0 Å². The van der Waals surface area contributed by atoms with Crippen molar-refractivity contribution >= 4 is 28.7 Å². The number of fused-ring (bicyclic) bond motifs is 1. The van der Waals surface area contributed by atoms with Crippen molar-refractivity contribution < 1.29 is 9.59 Å². The molecule has 2 N–H and O–H groups in total. The Morgan fingerprint density at radius 1 is 0.704 bits per heavy atom. The Balaban J connectivity index is 1.73. The molecule has 0 saturated heterocycles. The molecule has 2 aromatic heterocycles. The summed E-state index contributed by atoms with van der Waals surface area (Å²) in [5.74, 6) is -0.830. The molecule has 0 radical (unpaired) electrons. The van der Waals surface area contributed by atoms with Crippen LogP contribution < -0.4 is 10.6 Å². The molecule has 2 heterocycles. The average molecular weight is 356 g/mol. The van der Waals surface area contributed by atoms with Crippen LogP contribution in [0.15, 0.2) is 85.1 Å². The van der Waals surface area contributed by atoms with Gasteiger partial charge in [0, 0.05) is 17.6 Å². The number of hydrogen-bond acceptors (Lipinski definition) is 3. The number of rotatable bonds is 4. The van der Waals surface area contributed by atoms with Gasteiger partial charge in [-0.1, -0.05) is 42.5 Å². The van der Waals surface area contributed by atoms with Gasteiger partial charge in [0.25, 0.3) is 11.8 Å². The summed E-state index contributed by atoms with van der Waals surface area (Å²) in [6.07, 6.45) is 1.70. The first-order chi connectivity index (χ1) is 13.2. The average Bonchev–Trinajstić information content (AvgIpc) is 3.09. The Bertz CT molecular complexity index is 1100. The van der Waals surface area contributed by atoms with Gasteiger partial charge in [-0.2, -0.15) is 5.10 Å². The van der Waals surface area contributed by atoms with Crippen LogP contribution in [0.3, 0.4) is 0 Å². The Labute approximate surface area is 155 Å². The van der Waals surface area contributed by atoms with Gasteiger partial charge in [0.2, 0.25) is 0 Å². The molecule has 0 aliphatic carbocycles. The predicted molar refractivity (Wildman–Crippen MR) is 104 cm³/mol. The molecule has 4 rings (SSSR count). The molecule has 0 unspecified atom stereocenters. The standard InChI is InChI=1S/C21H16N4O2/c26-20(22-15-9-3-1-4-10-15)18-17-13-7-8-14-25(17)24-19(18)21(27)23-16-11-5-2-6-12-16/h1-14H,(H,22,26)(H,23,27). The summed E-state index contributed by atoms with van der Waals surface area (Å²) in [6, 6.07) is 23.5. The van der Waals surface area contributed by atoms with Crippen LogP contribution in [0.25, 0.3) is 5.52 Å². The summed E-state index contributed by atoms with van der Waals surface area (Å²) in [4.78, 5) is 25.7. The molecule has 4 aromatic rings. The van der Waals surface area contributed by atoms with Crippen LogP contribution in [0.2, 0.25) is 0 Å². The van der Waals surface area contributed by atoms with E-state index in [1.165, 1.54) is 4.52 Å². The van der Waals surface area contributed by atoms with Gasteiger partial charge in [-0.25, -0.2) is 4.52 Å². The molecule has 6 heteroatoms.